The summed E-state index contributed by atoms with van der Waals surface area (Å²) in [6, 6.07) is 5.26. The average Bonchev–Trinajstić information content (AvgIpc) is 2.33. The largest absolute Gasteiger partial charge is 0.340 e. The van der Waals surface area contributed by atoms with Gasteiger partial charge in [0.05, 0.1) is 6.42 Å². The molecule has 0 aliphatic carbocycles. The van der Waals surface area contributed by atoms with E-state index in [0.717, 1.165) is 31.7 Å². The van der Waals surface area contributed by atoms with E-state index in [1.54, 1.807) is 12.1 Å². The maximum atomic E-state index is 12.1. The number of rotatable bonds is 2. The maximum Gasteiger partial charge on any atom is 0.227 e. The van der Waals surface area contributed by atoms with Gasteiger partial charge in [-0.15, -0.1) is 0 Å². The summed E-state index contributed by atoms with van der Waals surface area (Å²) in [5.74, 6) is 0.132. The van der Waals surface area contributed by atoms with Crippen molar-refractivity contribution in [3.8, 4) is 0 Å². The van der Waals surface area contributed by atoms with Crippen molar-refractivity contribution in [2.45, 2.75) is 6.42 Å². The highest BCUT2D eigenvalue weighted by atomic mass is 35.5. The van der Waals surface area contributed by atoms with E-state index in [0.29, 0.717) is 16.5 Å². The normalized spacial score (nSPS) is 16.9. The van der Waals surface area contributed by atoms with Crippen LogP contribution in [0.3, 0.4) is 0 Å². The zero-order valence-corrected chi connectivity index (χ0v) is 11.8. The fraction of sp³-hybridized carbons (Fsp3) is 0.462. The summed E-state index contributed by atoms with van der Waals surface area (Å²) >= 11 is 11.9. The lowest BCUT2D eigenvalue weighted by Crippen LogP contribution is -2.47. The van der Waals surface area contributed by atoms with E-state index >= 15 is 0 Å². The first-order valence-electron chi connectivity index (χ1n) is 5.96. The Hall–Kier alpha value is -0.770. The van der Waals surface area contributed by atoms with Gasteiger partial charge in [0.25, 0.3) is 0 Å². The number of piperazine rings is 1. The Morgan fingerprint density at radius 3 is 2.50 bits per heavy atom. The molecule has 1 aromatic rings. The van der Waals surface area contributed by atoms with E-state index in [-0.39, 0.29) is 5.91 Å². The first-order chi connectivity index (χ1) is 8.56. The molecule has 0 saturated carbocycles. The smallest absolute Gasteiger partial charge is 0.227 e. The van der Waals surface area contributed by atoms with Crippen LogP contribution in [0.4, 0.5) is 0 Å². The molecule has 5 heteroatoms. The predicted molar refractivity (Wildman–Crippen MR) is 74.2 cm³/mol. The van der Waals surface area contributed by atoms with Crippen LogP contribution in [0.15, 0.2) is 18.2 Å². The van der Waals surface area contributed by atoms with Gasteiger partial charge in [-0.2, -0.15) is 0 Å². The van der Waals surface area contributed by atoms with Crippen molar-refractivity contribution in [2.75, 3.05) is 33.2 Å². The van der Waals surface area contributed by atoms with E-state index in [1.165, 1.54) is 0 Å². The summed E-state index contributed by atoms with van der Waals surface area (Å²) in [7, 11) is 2.07. The van der Waals surface area contributed by atoms with Gasteiger partial charge in [-0.25, -0.2) is 0 Å². The molecule has 0 spiro atoms. The number of hydrogen-bond donors (Lipinski definition) is 0. The van der Waals surface area contributed by atoms with E-state index in [2.05, 4.69) is 11.9 Å². The molecule has 1 heterocycles. The number of likely N-dealkylation sites (N-methyl/N-ethyl adjacent to an activating group) is 1. The molecular formula is C13H16Cl2N2O. The monoisotopic (exact) mass is 286 g/mol. The SMILES string of the molecule is CN1CCN(C(=O)Cc2ccc(Cl)cc2Cl)CC1. The van der Waals surface area contributed by atoms with Crippen LogP contribution in [0, 0.1) is 0 Å². The molecule has 1 saturated heterocycles. The molecule has 1 aliphatic heterocycles. The number of carbonyl (C=O) groups is 1. The van der Waals surface area contributed by atoms with Crippen LogP contribution < -0.4 is 0 Å². The zero-order chi connectivity index (χ0) is 13.1. The summed E-state index contributed by atoms with van der Waals surface area (Å²) in [6.07, 6.45) is 0.347. The second kappa shape index (κ2) is 5.91. The lowest BCUT2D eigenvalue weighted by atomic mass is 10.1. The first kappa shape index (κ1) is 13.7. The molecule has 0 aromatic heterocycles. The van der Waals surface area contributed by atoms with Crippen LogP contribution in [-0.4, -0.2) is 48.9 Å². The second-order valence-corrected chi connectivity index (χ2v) is 5.44. The molecule has 0 radical (unpaired) electrons. The summed E-state index contributed by atoms with van der Waals surface area (Å²) in [4.78, 5) is 16.2. The van der Waals surface area contributed by atoms with Gasteiger partial charge < -0.3 is 9.80 Å². The molecule has 0 unspecified atom stereocenters. The minimum absolute atomic E-state index is 0.132. The van der Waals surface area contributed by atoms with Crippen LogP contribution in [0.5, 0.6) is 0 Å². The van der Waals surface area contributed by atoms with Crippen molar-refractivity contribution < 1.29 is 4.79 Å². The molecule has 2 rings (SSSR count). The Labute approximate surface area is 117 Å². The highest BCUT2D eigenvalue weighted by Crippen LogP contribution is 2.22. The van der Waals surface area contributed by atoms with Crippen LogP contribution in [-0.2, 0) is 11.2 Å². The number of benzene rings is 1. The second-order valence-electron chi connectivity index (χ2n) is 4.60. The fourth-order valence-electron chi connectivity index (χ4n) is 2.00. The van der Waals surface area contributed by atoms with Gasteiger partial charge in [0, 0.05) is 36.2 Å². The lowest BCUT2D eigenvalue weighted by molar-refractivity contribution is -0.132. The van der Waals surface area contributed by atoms with Crippen molar-refractivity contribution in [3.63, 3.8) is 0 Å². The highest BCUT2D eigenvalue weighted by Gasteiger charge is 2.19. The topological polar surface area (TPSA) is 23.6 Å². The standard InChI is InChI=1S/C13H16Cl2N2O/c1-16-4-6-17(7-5-16)13(18)8-10-2-3-11(14)9-12(10)15/h2-3,9H,4-8H2,1H3. The van der Waals surface area contributed by atoms with Gasteiger partial charge in [0.1, 0.15) is 0 Å². The third-order valence-electron chi connectivity index (χ3n) is 3.21. The zero-order valence-electron chi connectivity index (χ0n) is 10.3. The predicted octanol–water partition coefficient (Wildman–Crippen LogP) is 2.31. The van der Waals surface area contributed by atoms with Gasteiger partial charge in [0.2, 0.25) is 5.91 Å². The summed E-state index contributed by atoms with van der Waals surface area (Å²) in [6.45, 7) is 3.45. The Morgan fingerprint density at radius 2 is 1.89 bits per heavy atom. The lowest BCUT2D eigenvalue weighted by Gasteiger charge is -2.32. The average molecular weight is 287 g/mol. The van der Waals surface area contributed by atoms with Crippen LogP contribution in [0.1, 0.15) is 5.56 Å². The fourth-order valence-corrected chi connectivity index (χ4v) is 2.47. The van der Waals surface area contributed by atoms with Gasteiger partial charge in [0.15, 0.2) is 0 Å². The van der Waals surface area contributed by atoms with E-state index in [1.807, 2.05) is 11.0 Å². The van der Waals surface area contributed by atoms with E-state index in [4.69, 9.17) is 23.2 Å². The molecule has 18 heavy (non-hydrogen) atoms. The Balaban J connectivity index is 1.98. The van der Waals surface area contributed by atoms with Gasteiger partial charge in [-0.3, -0.25) is 4.79 Å². The molecule has 0 N–H and O–H groups in total. The van der Waals surface area contributed by atoms with E-state index < -0.39 is 0 Å². The summed E-state index contributed by atoms with van der Waals surface area (Å²) < 4.78 is 0. The summed E-state index contributed by atoms with van der Waals surface area (Å²) in [5, 5.41) is 1.15. The molecule has 1 amide bonds. The molecule has 1 aliphatic rings. The molecule has 98 valence electrons. The van der Waals surface area contributed by atoms with Crippen LogP contribution in [0.25, 0.3) is 0 Å². The van der Waals surface area contributed by atoms with Crippen LogP contribution in [0.2, 0.25) is 10.0 Å². The molecule has 0 bridgehead atoms. The molecule has 3 nitrogen and oxygen atoms in total. The first-order valence-corrected chi connectivity index (χ1v) is 6.72. The number of amides is 1. The Kier molecular flexibility index (Phi) is 4.49. The van der Waals surface area contributed by atoms with Crippen molar-refractivity contribution in [3.05, 3.63) is 33.8 Å². The van der Waals surface area contributed by atoms with Gasteiger partial charge >= 0.3 is 0 Å². The number of halogens is 2. The summed E-state index contributed by atoms with van der Waals surface area (Å²) in [5.41, 5.74) is 0.838. The number of carbonyl (C=O) groups excluding carboxylic acids is 1. The minimum atomic E-state index is 0.132. The van der Waals surface area contributed by atoms with Gasteiger partial charge in [-0.1, -0.05) is 29.3 Å². The van der Waals surface area contributed by atoms with E-state index in [9.17, 15) is 4.79 Å². The molecule has 0 atom stereocenters. The Morgan fingerprint density at radius 1 is 1.22 bits per heavy atom. The van der Waals surface area contributed by atoms with Crippen molar-refractivity contribution in [1.29, 1.82) is 0 Å². The number of hydrogen-bond acceptors (Lipinski definition) is 2. The van der Waals surface area contributed by atoms with Crippen molar-refractivity contribution in [1.82, 2.24) is 9.80 Å². The molecule has 1 fully saturated rings. The third kappa shape index (κ3) is 3.37. The highest BCUT2D eigenvalue weighted by molar-refractivity contribution is 6.35. The molecular weight excluding hydrogens is 271 g/mol. The van der Waals surface area contributed by atoms with Crippen molar-refractivity contribution in [2.24, 2.45) is 0 Å². The number of nitrogens with zero attached hydrogens (tertiary/aromatic N) is 2. The Bertz CT molecular complexity index is 443. The minimum Gasteiger partial charge on any atom is -0.340 e. The molecule has 1 aromatic carbocycles. The van der Waals surface area contributed by atoms with Gasteiger partial charge in [-0.05, 0) is 24.7 Å². The maximum absolute atomic E-state index is 12.1. The van der Waals surface area contributed by atoms with Crippen LogP contribution >= 0.6 is 23.2 Å². The third-order valence-corrected chi connectivity index (χ3v) is 3.80. The quantitative estimate of drug-likeness (QED) is 0.833. The van der Waals surface area contributed by atoms with Crippen molar-refractivity contribution >= 4 is 29.1 Å².